The lowest BCUT2D eigenvalue weighted by molar-refractivity contribution is -0.163. The van der Waals surface area contributed by atoms with E-state index < -0.39 is 11.4 Å². The van der Waals surface area contributed by atoms with E-state index in [0.717, 1.165) is 23.3 Å². The highest BCUT2D eigenvalue weighted by atomic mass is 16.5. The second kappa shape index (κ2) is 4.37. The first-order chi connectivity index (χ1) is 8.14. The molecule has 0 saturated carbocycles. The van der Waals surface area contributed by atoms with Crippen LogP contribution in [0, 0.1) is 0 Å². The summed E-state index contributed by atoms with van der Waals surface area (Å²) in [5, 5.41) is 9.32. The summed E-state index contributed by atoms with van der Waals surface area (Å²) < 4.78 is 10.3. The summed E-state index contributed by atoms with van der Waals surface area (Å²) in [7, 11) is 1.62. The standard InChI is InChI=1S/C13H16O4/c1-3-9-6-10(4-5-11(9)16-2)13(12(14)15)7-17-8-13/h4-6H,3,7-8H2,1-2H3,(H,14,15). The molecule has 4 heteroatoms. The minimum atomic E-state index is -0.865. The van der Waals surface area contributed by atoms with Gasteiger partial charge in [0.25, 0.3) is 0 Å². The molecule has 0 unspecified atom stereocenters. The molecule has 0 amide bonds. The van der Waals surface area contributed by atoms with E-state index in [-0.39, 0.29) is 13.2 Å². The number of hydrogen-bond acceptors (Lipinski definition) is 3. The quantitative estimate of drug-likeness (QED) is 0.863. The highest BCUT2D eigenvalue weighted by Crippen LogP contribution is 2.35. The first-order valence-corrected chi connectivity index (χ1v) is 5.62. The van der Waals surface area contributed by atoms with Crippen LogP contribution in [-0.4, -0.2) is 31.4 Å². The Morgan fingerprint density at radius 2 is 2.24 bits per heavy atom. The van der Waals surface area contributed by atoms with Crippen molar-refractivity contribution in [2.45, 2.75) is 18.8 Å². The van der Waals surface area contributed by atoms with E-state index in [9.17, 15) is 9.90 Å². The summed E-state index contributed by atoms with van der Waals surface area (Å²) in [6.07, 6.45) is 0.813. The van der Waals surface area contributed by atoms with Crippen molar-refractivity contribution in [3.63, 3.8) is 0 Å². The maximum Gasteiger partial charge on any atom is 0.318 e. The monoisotopic (exact) mass is 236 g/mol. The Kier molecular flexibility index (Phi) is 3.07. The normalized spacial score (nSPS) is 17.3. The topological polar surface area (TPSA) is 55.8 Å². The number of ether oxygens (including phenoxy) is 2. The largest absolute Gasteiger partial charge is 0.496 e. The molecule has 4 nitrogen and oxygen atoms in total. The highest BCUT2D eigenvalue weighted by Gasteiger charge is 2.48. The van der Waals surface area contributed by atoms with Gasteiger partial charge in [-0.05, 0) is 23.6 Å². The first kappa shape index (κ1) is 11.9. The molecule has 1 saturated heterocycles. The van der Waals surface area contributed by atoms with E-state index in [1.165, 1.54) is 0 Å². The Bertz CT molecular complexity index is 435. The average molecular weight is 236 g/mol. The number of carboxylic acid groups (broad SMARTS) is 1. The van der Waals surface area contributed by atoms with E-state index in [1.54, 1.807) is 7.11 Å². The minimum absolute atomic E-state index is 0.248. The number of aryl methyl sites for hydroxylation is 1. The molecule has 92 valence electrons. The van der Waals surface area contributed by atoms with E-state index in [1.807, 2.05) is 25.1 Å². The Balaban J connectivity index is 2.42. The van der Waals surface area contributed by atoms with Crippen molar-refractivity contribution < 1.29 is 19.4 Å². The maximum atomic E-state index is 11.3. The molecule has 1 aliphatic heterocycles. The Labute approximate surface area is 100 Å². The number of hydrogen-bond donors (Lipinski definition) is 1. The molecule has 1 heterocycles. The molecule has 0 atom stereocenters. The fourth-order valence-electron chi connectivity index (χ4n) is 2.07. The Morgan fingerprint density at radius 1 is 1.53 bits per heavy atom. The van der Waals surface area contributed by atoms with Crippen LogP contribution in [-0.2, 0) is 21.4 Å². The minimum Gasteiger partial charge on any atom is -0.496 e. The molecule has 1 aromatic rings. The molecule has 0 aliphatic carbocycles. The zero-order valence-electron chi connectivity index (χ0n) is 10.0. The van der Waals surface area contributed by atoms with Gasteiger partial charge in [0.15, 0.2) is 0 Å². The van der Waals surface area contributed by atoms with E-state index in [0.29, 0.717) is 0 Å². The number of carbonyl (C=O) groups is 1. The van der Waals surface area contributed by atoms with Crippen LogP contribution >= 0.6 is 0 Å². The third-order valence-corrected chi connectivity index (χ3v) is 3.32. The highest BCUT2D eigenvalue weighted by molar-refractivity contribution is 5.83. The average Bonchev–Trinajstić information content (AvgIpc) is 2.26. The predicted molar refractivity (Wildman–Crippen MR) is 62.5 cm³/mol. The molecule has 0 radical (unpaired) electrons. The number of rotatable bonds is 4. The van der Waals surface area contributed by atoms with Gasteiger partial charge in [0.05, 0.1) is 20.3 Å². The van der Waals surface area contributed by atoms with Gasteiger partial charge in [-0.15, -0.1) is 0 Å². The zero-order valence-corrected chi connectivity index (χ0v) is 10.0. The summed E-state index contributed by atoms with van der Waals surface area (Å²) >= 11 is 0. The van der Waals surface area contributed by atoms with Gasteiger partial charge in [-0.1, -0.05) is 19.1 Å². The lowest BCUT2D eigenvalue weighted by Crippen LogP contribution is -2.53. The first-order valence-electron chi connectivity index (χ1n) is 5.62. The number of benzene rings is 1. The van der Waals surface area contributed by atoms with Gasteiger partial charge in [-0.3, -0.25) is 4.79 Å². The molecular weight excluding hydrogens is 220 g/mol. The second-order valence-electron chi connectivity index (χ2n) is 4.26. The van der Waals surface area contributed by atoms with Gasteiger partial charge in [0.2, 0.25) is 0 Å². The van der Waals surface area contributed by atoms with Crippen molar-refractivity contribution in [3.05, 3.63) is 29.3 Å². The van der Waals surface area contributed by atoms with Crippen molar-refractivity contribution in [1.82, 2.24) is 0 Å². The zero-order chi connectivity index (χ0) is 12.5. The molecular formula is C13H16O4. The summed E-state index contributed by atoms with van der Waals surface area (Å²) in [6, 6.07) is 5.56. The van der Waals surface area contributed by atoms with Gasteiger partial charge < -0.3 is 14.6 Å². The van der Waals surface area contributed by atoms with Crippen LogP contribution in [0.3, 0.4) is 0 Å². The second-order valence-corrected chi connectivity index (χ2v) is 4.26. The van der Waals surface area contributed by atoms with Crippen LogP contribution in [0.5, 0.6) is 5.75 Å². The van der Waals surface area contributed by atoms with Gasteiger partial charge >= 0.3 is 5.97 Å². The maximum absolute atomic E-state index is 11.3. The van der Waals surface area contributed by atoms with Gasteiger partial charge in [-0.25, -0.2) is 0 Å². The lowest BCUT2D eigenvalue weighted by Gasteiger charge is -2.38. The molecule has 17 heavy (non-hydrogen) atoms. The van der Waals surface area contributed by atoms with Crippen molar-refractivity contribution >= 4 is 5.97 Å². The van der Waals surface area contributed by atoms with Crippen LogP contribution in [0.25, 0.3) is 0 Å². The molecule has 0 aromatic heterocycles. The van der Waals surface area contributed by atoms with Gasteiger partial charge in [-0.2, -0.15) is 0 Å². The molecule has 1 aromatic carbocycles. The summed E-state index contributed by atoms with van der Waals surface area (Å²) in [6.45, 7) is 2.52. The third kappa shape index (κ3) is 1.78. The van der Waals surface area contributed by atoms with Crippen LogP contribution < -0.4 is 4.74 Å². The van der Waals surface area contributed by atoms with Crippen molar-refractivity contribution in [3.8, 4) is 5.75 Å². The predicted octanol–water partition coefficient (Wildman–Crippen LogP) is 1.61. The summed E-state index contributed by atoms with van der Waals surface area (Å²) in [5.74, 6) is -0.0204. The van der Waals surface area contributed by atoms with E-state index >= 15 is 0 Å². The van der Waals surface area contributed by atoms with Crippen LogP contribution in [0.1, 0.15) is 18.1 Å². The third-order valence-electron chi connectivity index (χ3n) is 3.32. The molecule has 1 aliphatic rings. The summed E-state index contributed by atoms with van der Waals surface area (Å²) in [4.78, 5) is 11.3. The van der Waals surface area contributed by atoms with E-state index in [4.69, 9.17) is 9.47 Å². The van der Waals surface area contributed by atoms with Crippen LogP contribution in [0.15, 0.2) is 18.2 Å². The smallest absolute Gasteiger partial charge is 0.318 e. The SMILES string of the molecule is CCc1cc(C2(C(=O)O)COC2)ccc1OC. The molecule has 0 spiro atoms. The van der Waals surface area contributed by atoms with Crippen molar-refractivity contribution in [1.29, 1.82) is 0 Å². The molecule has 1 fully saturated rings. The lowest BCUT2D eigenvalue weighted by atomic mass is 9.78. The van der Waals surface area contributed by atoms with Gasteiger partial charge in [0.1, 0.15) is 11.2 Å². The van der Waals surface area contributed by atoms with Crippen molar-refractivity contribution in [2.24, 2.45) is 0 Å². The molecule has 0 bridgehead atoms. The van der Waals surface area contributed by atoms with Gasteiger partial charge in [0, 0.05) is 0 Å². The van der Waals surface area contributed by atoms with Crippen molar-refractivity contribution in [2.75, 3.05) is 20.3 Å². The number of aliphatic carboxylic acids is 1. The fourth-order valence-corrected chi connectivity index (χ4v) is 2.07. The number of carboxylic acids is 1. The number of methoxy groups -OCH3 is 1. The van der Waals surface area contributed by atoms with Crippen LogP contribution in [0.4, 0.5) is 0 Å². The van der Waals surface area contributed by atoms with E-state index in [2.05, 4.69) is 0 Å². The fraction of sp³-hybridized carbons (Fsp3) is 0.462. The summed E-state index contributed by atoms with van der Waals surface area (Å²) in [5.41, 5.74) is 0.961. The van der Waals surface area contributed by atoms with Crippen LogP contribution in [0.2, 0.25) is 0 Å². The molecule has 2 rings (SSSR count). The Hall–Kier alpha value is -1.55. The Morgan fingerprint density at radius 3 is 2.65 bits per heavy atom. The molecule has 1 N–H and O–H groups in total.